The number of amides is 1. The smallest absolute Gasteiger partial charge is 0.257 e. The molecule has 4 aromatic rings. The van der Waals surface area contributed by atoms with Crippen LogP contribution in [0.3, 0.4) is 0 Å². The molecule has 140 valence electrons. The molecular weight excluding hydrogens is 374 g/mol. The van der Waals surface area contributed by atoms with Crippen molar-refractivity contribution in [1.29, 1.82) is 0 Å². The molecule has 0 unspecified atom stereocenters. The Morgan fingerprint density at radius 2 is 1.82 bits per heavy atom. The fraction of sp³-hybridized carbons (Fsp3) is 0.158. The zero-order valence-electron chi connectivity index (χ0n) is 15.3. The van der Waals surface area contributed by atoms with Gasteiger partial charge in [-0.05, 0) is 37.3 Å². The largest absolute Gasteiger partial charge is 0.296 e. The third kappa shape index (κ3) is 4.09. The monoisotopic (exact) mass is 391 g/mol. The number of hydrogen-bond acceptors (Lipinski definition) is 7. The van der Waals surface area contributed by atoms with Crippen molar-refractivity contribution in [1.82, 2.24) is 30.4 Å². The first-order chi connectivity index (χ1) is 13.6. The van der Waals surface area contributed by atoms with E-state index in [1.807, 2.05) is 56.3 Å². The predicted octanol–water partition coefficient (Wildman–Crippen LogP) is 3.11. The molecule has 2 aromatic carbocycles. The van der Waals surface area contributed by atoms with Gasteiger partial charge in [-0.15, -0.1) is 20.4 Å². The number of benzene rings is 2. The lowest BCUT2D eigenvalue weighted by atomic mass is 10.1. The molecule has 2 aromatic heterocycles. The number of carbonyl (C=O) groups excluding carboxylic acids is 1. The number of rotatable bonds is 5. The SMILES string of the molecule is Cc1cccc(C(=O)Nc2nnc(Cn3nnc(-c4cccc(C)c4)n3)s2)c1. The molecule has 9 heteroatoms. The molecule has 8 nitrogen and oxygen atoms in total. The number of carbonyl (C=O) groups is 1. The molecule has 0 atom stereocenters. The van der Waals surface area contributed by atoms with E-state index in [2.05, 4.69) is 30.9 Å². The van der Waals surface area contributed by atoms with E-state index < -0.39 is 0 Å². The topological polar surface area (TPSA) is 98.5 Å². The molecule has 28 heavy (non-hydrogen) atoms. The van der Waals surface area contributed by atoms with Gasteiger partial charge in [0, 0.05) is 11.1 Å². The van der Waals surface area contributed by atoms with Crippen LogP contribution in [0.5, 0.6) is 0 Å². The Labute approximate surface area is 165 Å². The van der Waals surface area contributed by atoms with Gasteiger partial charge in [0.1, 0.15) is 11.6 Å². The van der Waals surface area contributed by atoms with Crippen LogP contribution in [0.1, 0.15) is 26.5 Å². The van der Waals surface area contributed by atoms with Crippen molar-refractivity contribution in [2.75, 3.05) is 5.32 Å². The molecule has 4 rings (SSSR count). The average molecular weight is 391 g/mol. The second kappa shape index (κ2) is 7.65. The number of aryl methyl sites for hydroxylation is 2. The summed E-state index contributed by atoms with van der Waals surface area (Å²) in [5.41, 5.74) is 3.64. The Bertz CT molecular complexity index is 1130. The van der Waals surface area contributed by atoms with Crippen LogP contribution in [0.2, 0.25) is 0 Å². The molecule has 0 radical (unpaired) electrons. The van der Waals surface area contributed by atoms with Crippen LogP contribution < -0.4 is 5.32 Å². The summed E-state index contributed by atoms with van der Waals surface area (Å²) in [5, 5.41) is 24.6. The first-order valence-corrected chi connectivity index (χ1v) is 9.44. The zero-order chi connectivity index (χ0) is 19.5. The third-order valence-electron chi connectivity index (χ3n) is 3.97. The number of nitrogens with one attached hydrogen (secondary N) is 1. The lowest BCUT2D eigenvalue weighted by molar-refractivity contribution is 0.102. The first kappa shape index (κ1) is 17.9. The number of anilines is 1. The van der Waals surface area contributed by atoms with Gasteiger partial charge < -0.3 is 0 Å². The minimum Gasteiger partial charge on any atom is -0.296 e. The van der Waals surface area contributed by atoms with E-state index in [9.17, 15) is 4.79 Å². The van der Waals surface area contributed by atoms with Crippen LogP contribution in [0.15, 0.2) is 48.5 Å². The maximum atomic E-state index is 12.3. The fourth-order valence-electron chi connectivity index (χ4n) is 2.65. The van der Waals surface area contributed by atoms with E-state index in [0.717, 1.165) is 16.7 Å². The minimum atomic E-state index is -0.216. The molecule has 0 aliphatic rings. The van der Waals surface area contributed by atoms with E-state index in [4.69, 9.17) is 0 Å². The summed E-state index contributed by atoms with van der Waals surface area (Å²) in [4.78, 5) is 13.8. The summed E-state index contributed by atoms with van der Waals surface area (Å²) in [7, 11) is 0. The fourth-order valence-corrected chi connectivity index (χ4v) is 3.36. The second-order valence-electron chi connectivity index (χ2n) is 6.34. The van der Waals surface area contributed by atoms with Crippen molar-refractivity contribution in [2.24, 2.45) is 0 Å². The maximum Gasteiger partial charge on any atom is 0.257 e. The van der Waals surface area contributed by atoms with E-state index in [-0.39, 0.29) is 5.91 Å². The summed E-state index contributed by atoms with van der Waals surface area (Å²) in [6.45, 7) is 4.29. The molecule has 2 heterocycles. The van der Waals surface area contributed by atoms with Crippen molar-refractivity contribution in [3.05, 3.63) is 70.2 Å². The van der Waals surface area contributed by atoms with Crippen molar-refractivity contribution < 1.29 is 4.79 Å². The van der Waals surface area contributed by atoms with Gasteiger partial charge in [-0.25, -0.2) is 0 Å². The van der Waals surface area contributed by atoms with Crippen LogP contribution in [-0.2, 0) is 6.54 Å². The molecule has 0 aliphatic carbocycles. The normalized spacial score (nSPS) is 10.8. The minimum absolute atomic E-state index is 0.216. The molecule has 0 spiro atoms. The highest BCUT2D eigenvalue weighted by atomic mass is 32.1. The highest BCUT2D eigenvalue weighted by Crippen LogP contribution is 2.18. The standard InChI is InChI=1S/C19H17N7OS/c1-12-5-3-7-14(9-12)17-22-25-26(24-17)11-16-21-23-19(28-16)20-18(27)15-8-4-6-13(2)10-15/h3-10H,11H2,1-2H3,(H,20,23,27). The van der Waals surface area contributed by atoms with Crippen LogP contribution in [0, 0.1) is 13.8 Å². The van der Waals surface area contributed by atoms with Crippen molar-refractivity contribution in [3.63, 3.8) is 0 Å². The number of nitrogens with zero attached hydrogens (tertiary/aromatic N) is 6. The van der Waals surface area contributed by atoms with Gasteiger partial charge in [0.15, 0.2) is 0 Å². The zero-order valence-corrected chi connectivity index (χ0v) is 16.1. The van der Waals surface area contributed by atoms with Gasteiger partial charge in [-0.3, -0.25) is 10.1 Å². The van der Waals surface area contributed by atoms with Crippen LogP contribution in [0.25, 0.3) is 11.4 Å². The molecule has 0 aliphatic heterocycles. The average Bonchev–Trinajstić information content (AvgIpc) is 3.32. The number of tetrazole rings is 1. The van der Waals surface area contributed by atoms with E-state index >= 15 is 0 Å². The first-order valence-electron chi connectivity index (χ1n) is 8.62. The lowest BCUT2D eigenvalue weighted by Crippen LogP contribution is -2.11. The molecule has 0 fully saturated rings. The van der Waals surface area contributed by atoms with Crippen LogP contribution >= 0.6 is 11.3 Å². The Hall–Kier alpha value is -3.46. The summed E-state index contributed by atoms with van der Waals surface area (Å²) in [5.74, 6) is 0.341. The summed E-state index contributed by atoms with van der Waals surface area (Å²) in [6, 6.07) is 15.3. The van der Waals surface area contributed by atoms with Crippen molar-refractivity contribution in [2.45, 2.75) is 20.4 Å². The number of aromatic nitrogens is 6. The summed E-state index contributed by atoms with van der Waals surface area (Å²) in [6.07, 6.45) is 0. The van der Waals surface area contributed by atoms with Gasteiger partial charge in [0.25, 0.3) is 5.91 Å². The Kier molecular flexibility index (Phi) is 4.90. The van der Waals surface area contributed by atoms with Gasteiger partial charge in [0.05, 0.1) is 0 Å². The lowest BCUT2D eigenvalue weighted by Gasteiger charge is -2.01. The van der Waals surface area contributed by atoms with E-state index in [0.29, 0.717) is 28.1 Å². The summed E-state index contributed by atoms with van der Waals surface area (Å²) >= 11 is 1.28. The van der Waals surface area contributed by atoms with Crippen LogP contribution in [0.4, 0.5) is 5.13 Å². The Balaban J connectivity index is 1.43. The second-order valence-corrected chi connectivity index (χ2v) is 7.40. The molecular formula is C19H17N7OS. The molecule has 0 saturated carbocycles. The van der Waals surface area contributed by atoms with E-state index in [1.54, 1.807) is 6.07 Å². The molecule has 0 saturated heterocycles. The molecule has 1 N–H and O–H groups in total. The quantitative estimate of drug-likeness (QED) is 0.561. The van der Waals surface area contributed by atoms with Crippen molar-refractivity contribution >= 4 is 22.4 Å². The van der Waals surface area contributed by atoms with Gasteiger partial charge in [-0.1, -0.05) is 52.8 Å². The Morgan fingerprint density at radius 3 is 2.61 bits per heavy atom. The predicted molar refractivity (Wildman–Crippen MR) is 106 cm³/mol. The van der Waals surface area contributed by atoms with Gasteiger partial charge >= 0.3 is 0 Å². The number of hydrogen-bond donors (Lipinski definition) is 1. The van der Waals surface area contributed by atoms with Crippen molar-refractivity contribution in [3.8, 4) is 11.4 Å². The van der Waals surface area contributed by atoms with Gasteiger partial charge in [0.2, 0.25) is 11.0 Å². The molecule has 0 bridgehead atoms. The summed E-state index contributed by atoms with van der Waals surface area (Å²) < 4.78 is 0. The maximum absolute atomic E-state index is 12.3. The van der Waals surface area contributed by atoms with E-state index in [1.165, 1.54) is 16.1 Å². The Morgan fingerprint density at radius 1 is 1.04 bits per heavy atom. The highest BCUT2D eigenvalue weighted by molar-refractivity contribution is 7.15. The van der Waals surface area contributed by atoms with Crippen LogP contribution in [-0.4, -0.2) is 36.3 Å². The highest BCUT2D eigenvalue weighted by Gasteiger charge is 2.12. The van der Waals surface area contributed by atoms with Gasteiger partial charge in [-0.2, -0.15) is 4.80 Å². The molecule has 1 amide bonds. The third-order valence-corrected chi connectivity index (χ3v) is 4.80.